The van der Waals surface area contributed by atoms with Crippen molar-refractivity contribution in [1.82, 2.24) is 0 Å². The van der Waals surface area contributed by atoms with Crippen LogP contribution in [0.3, 0.4) is 0 Å². The predicted octanol–water partition coefficient (Wildman–Crippen LogP) is 4.85. The van der Waals surface area contributed by atoms with E-state index in [-0.39, 0.29) is 64.9 Å². The molecule has 0 amide bonds. The molecule has 18 heteroatoms. The van der Waals surface area contributed by atoms with Gasteiger partial charge < -0.3 is 24.7 Å². The SMILES string of the molecule is Cc1ccc(S(=O)(=O)OC[C@H]2COc3cc(F)c(N)cc3O2)cc1.Cc1ccc(S(=O)(=O)OC[C@H]2COc3cc(F)c([N+](=O)[O-])cc3O2)cc1. The lowest BCUT2D eigenvalue weighted by Crippen LogP contribution is -2.34. The average molecular weight is 737 g/mol. The van der Waals surface area contributed by atoms with E-state index in [1.807, 2.05) is 13.8 Å². The minimum absolute atomic E-state index is 0.00191. The molecule has 0 radical (unpaired) electrons. The molecule has 0 unspecified atom stereocenters. The smallest absolute Gasteiger partial charge is 0.308 e. The fraction of sp³-hybridized carbons (Fsp3) is 0.250. The summed E-state index contributed by atoms with van der Waals surface area (Å²) in [6.07, 6.45) is -1.48. The lowest BCUT2D eigenvalue weighted by atomic mass is 10.2. The first-order valence-electron chi connectivity index (χ1n) is 14.7. The van der Waals surface area contributed by atoms with Crippen molar-refractivity contribution in [3.05, 3.63) is 106 Å². The van der Waals surface area contributed by atoms with Crippen LogP contribution < -0.4 is 24.7 Å². The van der Waals surface area contributed by atoms with Crippen LogP contribution in [-0.4, -0.2) is 60.4 Å². The summed E-state index contributed by atoms with van der Waals surface area (Å²) < 4.78 is 107. The quantitative estimate of drug-likeness (QED) is 0.106. The van der Waals surface area contributed by atoms with Gasteiger partial charge in [0.2, 0.25) is 5.82 Å². The zero-order valence-electron chi connectivity index (χ0n) is 26.4. The van der Waals surface area contributed by atoms with E-state index >= 15 is 0 Å². The summed E-state index contributed by atoms with van der Waals surface area (Å²) in [5, 5.41) is 10.8. The molecule has 0 saturated carbocycles. The Morgan fingerprint density at radius 3 is 1.58 bits per heavy atom. The maximum Gasteiger partial charge on any atom is 0.308 e. The Bertz CT molecular complexity index is 2100. The Morgan fingerprint density at radius 2 is 1.14 bits per heavy atom. The topological polar surface area (TPSA) is 193 Å². The van der Waals surface area contributed by atoms with E-state index in [1.54, 1.807) is 24.3 Å². The van der Waals surface area contributed by atoms with Crippen molar-refractivity contribution in [2.24, 2.45) is 0 Å². The number of halogens is 2. The van der Waals surface area contributed by atoms with Gasteiger partial charge in [-0.3, -0.25) is 18.5 Å². The van der Waals surface area contributed by atoms with Crippen LogP contribution in [0.4, 0.5) is 20.2 Å². The molecule has 0 saturated heterocycles. The third-order valence-electron chi connectivity index (χ3n) is 7.15. The standard InChI is InChI=1S/C16H14FNO7S.C16H16FNO5S/c1-10-2-4-12(5-3-10)26(21,22)24-9-11-8-23-15-6-13(17)14(18(19)20)7-16(15)25-11;1-10-2-4-12(5-3-10)24(19,20)22-9-11-8-21-15-6-13(17)14(18)7-16(15)23-11/h2-7,11H,8-9H2,1H3;2-7,11H,8-9,18H2,1H3/t2*11-/m11/s1. The molecule has 2 N–H and O–H groups in total. The molecule has 0 bridgehead atoms. The highest BCUT2D eigenvalue weighted by atomic mass is 32.2. The van der Waals surface area contributed by atoms with Crippen LogP contribution in [0.25, 0.3) is 0 Å². The summed E-state index contributed by atoms with van der Waals surface area (Å²) in [4.78, 5) is 9.97. The predicted molar refractivity (Wildman–Crippen MR) is 172 cm³/mol. The van der Waals surface area contributed by atoms with E-state index in [4.69, 9.17) is 33.0 Å². The molecule has 0 aliphatic carbocycles. The van der Waals surface area contributed by atoms with Crippen molar-refractivity contribution in [2.75, 3.05) is 32.2 Å². The van der Waals surface area contributed by atoms with Gasteiger partial charge in [0.25, 0.3) is 20.2 Å². The van der Waals surface area contributed by atoms with Gasteiger partial charge in [0, 0.05) is 18.2 Å². The van der Waals surface area contributed by atoms with Gasteiger partial charge in [-0.15, -0.1) is 0 Å². The number of aryl methyl sites for hydroxylation is 2. The minimum Gasteiger partial charge on any atom is -0.486 e. The Morgan fingerprint density at radius 1 is 0.720 bits per heavy atom. The summed E-state index contributed by atoms with van der Waals surface area (Å²) in [7, 11) is -7.87. The van der Waals surface area contributed by atoms with E-state index in [0.717, 1.165) is 29.3 Å². The van der Waals surface area contributed by atoms with Gasteiger partial charge in [-0.2, -0.15) is 21.2 Å². The molecule has 0 spiro atoms. The van der Waals surface area contributed by atoms with Crippen molar-refractivity contribution < 1.29 is 57.9 Å². The summed E-state index contributed by atoms with van der Waals surface area (Å²) in [6.45, 7) is 3.04. The number of anilines is 1. The molecular formula is C32H30F2N2O12S2. The highest BCUT2D eigenvalue weighted by molar-refractivity contribution is 7.87. The summed E-state index contributed by atoms with van der Waals surface area (Å²) in [5.74, 6) is -1.22. The van der Waals surface area contributed by atoms with Crippen LogP contribution in [0.5, 0.6) is 23.0 Å². The van der Waals surface area contributed by atoms with Crippen LogP contribution in [-0.2, 0) is 28.6 Å². The molecule has 2 aliphatic rings. The number of nitrogens with zero attached hydrogens (tertiary/aromatic N) is 1. The molecular weight excluding hydrogens is 706 g/mol. The average Bonchev–Trinajstić information content (AvgIpc) is 3.07. The molecule has 4 aromatic rings. The van der Waals surface area contributed by atoms with E-state index in [2.05, 4.69) is 0 Å². The number of fused-ring (bicyclic) bond motifs is 2. The van der Waals surface area contributed by atoms with Crippen LogP contribution >= 0.6 is 0 Å². The maximum absolute atomic E-state index is 13.6. The first-order chi connectivity index (χ1) is 23.6. The van der Waals surface area contributed by atoms with Crippen molar-refractivity contribution >= 4 is 31.6 Å². The monoisotopic (exact) mass is 736 g/mol. The van der Waals surface area contributed by atoms with Crippen LogP contribution in [0, 0.1) is 35.6 Å². The zero-order chi connectivity index (χ0) is 36.2. The lowest BCUT2D eigenvalue weighted by molar-refractivity contribution is -0.387. The minimum atomic E-state index is -3.99. The number of rotatable bonds is 9. The van der Waals surface area contributed by atoms with Gasteiger partial charge in [0.15, 0.2) is 35.2 Å². The van der Waals surface area contributed by atoms with Gasteiger partial charge >= 0.3 is 5.69 Å². The first kappa shape index (κ1) is 36.2. The highest BCUT2D eigenvalue weighted by Crippen LogP contribution is 2.37. The van der Waals surface area contributed by atoms with Gasteiger partial charge in [0.1, 0.15) is 32.2 Å². The van der Waals surface area contributed by atoms with Crippen molar-refractivity contribution in [1.29, 1.82) is 0 Å². The fourth-order valence-corrected chi connectivity index (χ4v) is 6.33. The third-order valence-corrected chi connectivity index (χ3v) is 9.74. The Hall–Kier alpha value is -5.04. The number of nitro benzene ring substituents is 1. The first-order valence-corrected chi connectivity index (χ1v) is 17.5. The molecule has 2 atom stereocenters. The molecule has 0 fully saturated rings. The summed E-state index contributed by atoms with van der Waals surface area (Å²) in [6, 6.07) is 16.6. The molecule has 266 valence electrons. The van der Waals surface area contributed by atoms with Crippen molar-refractivity contribution in [2.45, 2.75) is 35.8 Å². The van der Waals surface area contributed by atoms with Gasteiger partial charge in [0.05, 0.1) is 26.5 Å². The fourth-order valence-electron chi connectivity index (χ4n) is 4.46. The third kappa shape index (κ3) is 8.75. The molecule has 14 nitrogen and oxygen atoms in total. The normalized spacial score (nSPS) is 16.6. The zero-order valence-corrected chi connectivity index (χ0v) is 28.0. The number of hydrogen-bond donors (Lipinski definition) is 1. The number of nitrogen functional groups attached to an aromatic ring is 1. The second kappa shape index (κ2) is 14.8. The van der Waals surface area contributed by atoms with E-state index in [1.165, 1.54) is 30.3 Å². The molecule has 4 aromatic carbocycles. The van der Waals surface area contributed by atoms with Gasteiger partial charge in [-0.25, -0.2) is 4.39 Å². The number of nitro groups is 1. The molecule has 6 rings (SSSR count). The molecule has 0 aromatic heterocycles. The maximum atomic E-state index is 13.6. The van der Waals surface area contributed by atoms with Crippen LogP contribution in [0.15, 0.2) is 82.6 Å². The van der Waals surface area contributed by atoms with Crippen LogP contribution in [0.1, 0.15) is 11.1 Å². The summed E-state index contributed by atoms with van der Waals surface area (Å²) >= 11 is 0. The Kier molecular flexibility index (Phi) is 10.8. The number of benzene rings is 4. The number of ether oxygens (including phenoxy) is 4. The Balaban J connectivity index is 0.000000195. The second-order valence-corrected chi connectivity index (χ2v) is 14.3. The number of hydrogen-bond acceptors (Lipinski definition) is 13. The van der Waals surface area contributed by atoms with E-state index in [0.29, 0.717) is 0 Å². The largest absolute Gasteiger partial charge is 0.486 e. The van der Waals surface area contributed by atoms with Crippen molar-refractivity contribution in [3.63, 3.8) is 0 Å². The second-order valence-electron chi connectivity index (χ2n) is 11.0. The number of nitrogens with two attached hydrogens (primary N) is 1. The highest BCUT2D eigenvalue weighted by Gasteiger charge is 2.29. The van der Waals surface area contributed by atoms with Gasteiger partial charge in [-0.1, -0.05) is 35.4 Å². The van der Waals surface area contributed by atoms with E-state index in [9.17, 15) is 35.7 Å². The molecule has 50 heavy (non-hydrogen) atoms. The molecule has 2 aliphatic heterocycles. The van der Waals surface area contributed by atoms with Gasteiger partial charge in [-0.05, 0) is 38.1 Å². The van der Waals surface area contributed by atoms with Crippen molar-refractivity contribution in [3.8, 4) is 23.0 Å². The molecule has 2 heterocycles. The Labute approximate surface area is 285 Å². The lowest BCUT2D eigenvalue weighted by Gasteiger charge is -2.26. The summed E-state index contributed by atoms with van der Waals surface area (Å²) in [5.41, 5.74) is 6.49. The van der Waals surface area contributed by atoms with Crippen LogP contribution in [0.2, 0.25) is 0 Å². The van der Waals surface area contributed by atoms with E-state index < -0.39 is 54.7 Å².